The summed E-state index contributed by atoms with van der Waals surface area (Å²) < 4.78 is 96.7. The van der Waals surface area contributed by atoms with E-state index in [-0.39, 0.29) is 11.0 Å². The lowest BCUT2D eigenvalue weighted by Crippen LogP contribution is -2.58. The summed E-state index contributed by atoms with van der Waals surface area (Å²) in [5.41, 5.74) is 0. The van der Waals surface area contributed by atoms with Crippen LogP contribution in [0.1, 0.15) is 0 Å². The SMILES string of the molecule is FC(F)C(F)(F)C(F)(F)C(F)(F)CSCl. The van der Waals surface area contributed by atoms with E-state index in [0.29, 0.717) is 0 Å². The van der Waals surface area contributed by atoms with Crippen LogP contribution in [-0.2, 0) is 0 Å². The fourth-order valence-corrected chi connectivity index (χ4v) is 1.27. The van der Waals surface area contributed by atoms with Gasteiger partial charge >= 0.3 is 24.2 Å². The molecule has 0 aliphatic heterocycles. The fourth-order valence-electron chi connectivity index (χ4n) is 0.540. The van der Waals surface area contributed by atoms with Gasteiger partial charge < -0.3 is 0 Å². The molecule has 0 heterocycles. The molecule has 0 spiro atoms. The maximum atomic E-state index is 12.4. The molecule has 0 amide bonds. The van der Waals surface area contributed by atoms with Gasteiger partial charge in [-0.1, -0.05) is 0 Å². The molecule has 0 N–H and O–H groups in total. The largest absolute Gasteiger partial charge is 0.378 e. The minimum Gasteiger partial charge on any atom is -0.203 e. The van der Waals surface area contributed by atoms with Gasteiger partial charge in [0.25, 0.3) is 0 Å². The van der Waals surface area contributed by atoms with Gasteiger partial charge in [-0.3, -0.25) is 0 Å². The van der Waals surface area contributed by atoms with Gasteiger partial charge in [0, 0.05) is 0 Å². The van der Waals surface area contributed by atoms with Crippen molar-refractivity contribution >= 4 is 21.7 Å². The summed E-state index contributed by atoms with van der Waals surface area (Å²) in [7, 11) is 4.22. The molecule has 0 bridgehead atoms. The lowest BCUT2D eigenvalue weighted by atomic mass is 10.1. The van der Waals surface area contributed by atoms with Gasteiger partial charge in [-0.2, -0.15) is 26.3 Å². The molecule has 0 rings (SSSR count). The third kappa shape index (κ3) is 2.61. The van der Waals surface area contributed by atoms with E-state index in [0.717, 1.165) is 0 Å². The number of rotatable bonds is 5. The molecule has 0 unspecified atom stereocenters. The zero-order valence-electron chi connectivity index (χ0n) is 6.59. The van der Waals surface area contributed by atoms with Crippen molar-refractivity contribution in [3.8, 4) is 0 Å². The van der Waals surface area contributed by atoms with Gasteiger partial charge in [-0.25, -0.2) is 8.78 Å². The lowest BCUT2D eigenvalue weighted by Gasteiger charge is -2.31. The van der Waals surface area contributed by atoms with Crippen LogP contribution >= 0.6 is 21.7 Å². The molecule has 0 aliphatic carbocycles. The number of hydrogen-bond donors (Lipinski definition) is 0. The van der Waals surface area contributed by atoms with E-state index in [2.05, 4.69) is 10.7 Å². The molecule has 0 aromatic heterocycles. The molecule has 15 heavy (non-hydrogen) atoms. The second-order valence-electron chi connectivity index (χ2n) is 2.46. The second-order valence-corrected chi connectivity index (χ2v) is 3.62. The van der Waals surface area contributed by atoms with Crippen molar-refractivity contribution in [1.82, 2.24) is 0 Å². The maximum absolute atomic E-state index is 12.4. The van der Waals surface area contributed by atoms with Crippen LogP contribution in [-0.4, -0.2) is 29.9 Å². The van der Waals surface area contributed by atoms with Crippen molar-refractivity contribution in [3.05, 3.63) is 0 Å². The molecule has 0 fully saturated rings. The molecule has 0 aliphatic rings. The Morgan fingerprint density at radius 2 is 1.40 bits per heavy atom. The summed E-state index contributed by atoms with van der Waals surface area (Å²) in [6.07, 6.45) is -4.89. The van der Waals surface area contributed by atoms with Gasteiger partial charge in [0.2, 0.25) is 0 Å². The number of hydrogen-bond acceptors (Lipinski definition) is 1. The van der Waals surface area contributed by atoms with Gasteiger partial charge in [0.05, 0.1) is 5.75 Å². The Morgan fingerprint density at radius 1 is 1.00 bits per heavy atom. The van der Waals surface area contributed by atoms with Crippen LogP contribution < -0.4 is 0 Å². The number of alkyl halides is 8. The van der Waals surface area contributed by atoms with Crippen LogP contribution in [0.25, 0.3) is 0 Å². The van der Waals surface area contributed by atoms with Gasteiger partial charge in [0.15, 0.2) is 0 Å². The van der Waals surface area contributed by atoms with Crippen molar-refractivity contribution in [2.24, 2.45) is 0 Å². The third-order valence-electron chi connectivity index (χ3n) is 1.39. The molecular weight excluding hydrogens is 280 g/mol. The van der Waals surface area contributed by atoms with Crippen molar-refractivity contribution < 1.29 is 35.1 Å². The highest BCUT2D eigenvalue weighted by molar-refractivity contribution is 8.21. The van der Waals surface area contributed by atoms with Crippen molar-refractivity contribution in [2.45, 2.75) is 24.2 Å². The third-order valence-corrected chi connectivity index (χ3v) is 2.19. The van der Waals surface area contributed by atoms with Crippen LogP contribution in [0.4, 0.5) is 35.1 Å². The Balaban J connectivity index is 5.11. The number of halogens is 9. The molecule has 0 radical (unpaired) electrons. The second kappa shape index (κ2) is 4.52. The van der Waals surface area contributed by atoms with Crippen LogP contribution in [0.3, 0.4) is 0 Å². The molecule has 0 aromatic rings. The van der Waals surface area contributed by atoms with Crippen molar-refractivity contribution in [2.75, 3.05) is 5.75 Å². The van der Waals surface area contributed by atoms with E-state index in [1.807, 2.05) is 0 Å². The van der Waals surface area contributed by atoms with Crippen LogP contribution in [0.15, 0.2) is 0 Å². The standard InChI is InChI=1S/C5H3ClF8S/c6-15-1-3(9,10)5(13,14)4(11,12)2(7)8/h2H,1H2. The van der Waals surface area contributed by atoms with Crippen LogP contribution in [0, 0.1) is 0 Å². The molecule has 10 heteroatoms. The summed E-state index contributed by atoms with van der Waals surface area (Å²) in [4.78, 5) is 0. The summed E-state index contributed by atoms with van der Waals surface area (Å²) in [6, 6.07) is 0. The first-order chi connectivity index (χ1) is 6.50. The predicted octanol–water partition coefficient (Wildman–Crippen LogP) is 4.04. The highest BCUT2D eigenvalue weighted by Gasteiger charge is 2.75. The summed E-state index contributed by atoms with van der Waals surface area (Å²) >= 11 is 0. The van der Waals surface area contributed by atoms with Gasteiger partial charge in [-0.15, -0.1) is 0 Å². The Morgan fingerprint density at radius 3 is 1.67 bits per heavy atom. The average Bonchev–Trinajstić information content (AvgIpc) is 2.02. The molecule has 0 saturated carbocycles. The van der Waals surface area contributed by atoms with E-state index in [1.165, 1.54) is 0 Å². The van der Waals surface area contributed by atoms with E-state index in [1.54, 1.807) is 0 Å². The quantitative estimate of drug-likeness (QED) is 0.686. The Labute approximate surface area is 87.5 Å². The predicted molar refractivity (Wildman–Crippen MR) is 39.2 cm³/mol. The molecule has 0 saturated heterocycles. The van der Waals surface area contributed by atoms with E-state index in [4.69, 9.17) is 0 Å². The van der Waals surface area contributed by atoms with E-state index >= 15 is 0 Å². The van der Waals surface area contributed by atoms with Crippen LogP contribution in [0.5, 0.6) is 0 Å². The van der Waals surface area contributed by atoms with Gasteiger partial charge in [0.1, 0.15) is 0 Å². The zero-order chi connectivity index (χ0) is 12.5. The highest BCUT2D eigenvalue weighted by atomic mass is 35.7. The smallest absolute Gasteiger partial charge is 0.203 e. The molecule has 92 valence electrons. The topological polar surface area (TPSA) is 0 Å². The summed E-state index contributed by atoms with van der Waals surface area (Å²) in [5, 5.41) is 0. The summed E-state index contributed by atoms with van der Waals surface area (Å²) in [5.74, 6) is -19.5. The fraction of sp³-hybridized carbons (Fsp3) is 1.00. The van der Waals surface area contributed by atoms with Crippen molar-refractivity contribution in [1.29, 1.82) is 0 Å². The van der Waals surface area contributed by atoms with Crippen molar-refractivity contribution in [3.63, 3.8) is 0 Å². The normalized spacial score (nSPS) is 14.8. The van der Waals surface area contributed by atoms with E-state index < -0.39 is 29.9 Å². The molecule has 0 nitrogen and oxygen atoms in total. The van der Waals surface area contributed by atoms with Crippen LogP contribution in [0.2, 0.25) is 0 Å². The van der Waals surface area contributed by atoms with E-state index in [9.17, 15) is 35.1 Å². The first-order valence-corrected chi connectivity index (χ1v) is 4.97. The summed E-state index contributed by atoms with van der Waals surface area (Å²) in [6.45, 7) is 0. The first-order valence-electron chi connectivity index (χ1n) is 3.16. The maximum Gasteiger partial charge on any atom is 0.378 e. The highest BCUT2D eigenvalue weighted by Crippen LogP contribution is 2.49. The molecule has 0 aromatic carbocycles. The van der Waals surface area contributed by atoms with Gasteiger partial charge in [-0.05, 0) is 21.7 Å². The zero-order valence-corrected chi connectivity index (χ0v) is 8.17. The lowest BCUT2D eigenvalue weighted by molar-refractivity contribution is -0.331. The first kappa shape index (κ1) is 15.1. The minimum absolute atomic E-state index is 0.373. The monoisotopic (exact) mass is 282 g/mol. The Kier molecular flexibility index (Phi) is 4.55. The molecule has 0 atom stereocenters. The molecular formula is C5H3ClF8S. The Bertz CT molecular complexity index is 217. The Hall–Kier alpha value is 0.0800. The average molecular weight is 283 g/mol. The minimum atomic E-state index is -6.16.